The smallest absolute Gasteiger partial charge is 0.337 e. The second-order valence-corrected chi connectivity index (χ2v) is 7.91. The third-order valence-corrected chi connectivity index (χ3v) is 4.78. The second-order valence-electron chi connectivity index (χ2n) is 7.91. The molecule has 1 aromatic carbocycles. The molecule has 0 amide bonds. The highest BCUT2D eigenvalue weighted by atomic mass is 16.5. The van der Waals surface area contributed by atoms with E-state index in [0.717, 1.165) is 22.4 Å². The Balaban J connectivity index is 0.00000150. The van der Waals surface area contributed by atoms with Crippen molar-refractivity contribution in [2.75, 3.05) is 24.7 Å². The molecule has 0 fully saturated rings. The minimum absolute atomic E-state index is 0.121. The molecule has 3 rings (SSSR count). The molecule has 0 aliphatic carbocycles. The number of carboxylic acids is 1. The van der Waals surface area contributed by atoms with Gasteiger partial charge in [-0.2, -0.15) is 0 Å². The zero-order valence-corrected chi connectivity index (χ0v) is 23.0. The summed E-state index contributed by atoms with van der Waals surface area (Å²) >= 11 is 0. The molecule has 0 saturated heterocycles. The highest BCUT2D eigenvalue weighted by Gasteiger charge is 2.39. The summed E-state index contributed by atoms with van der Waals surface area (Å²) < 4.78 is 11.3. The Hall–Kier alpha value is -2.59. The number of carboxylic acid groups (broad SMARTS) is 1. The summed E-state index contributed by atoms with van der Waals surface area (Å²) in [6.07, 6.45) is 4.05. The van der Waals surface area contributed by atoms with E-state index in [2.05, 4.69) is 32.3 Å². The van der Waals surface area contributed by atoms with Gasteiger partial charge in [-0.3, -0.25) is 0 Å². The van der Waals surface area contributed by atoms with Crippen molar-refractivity contribution in [1.29, 1.82) is 0 Å². The highest BCUT2D eigenvalue weighted by molar-refractivity contribution is 6.09. The van der Waals surface area contributed by atoms with Crippen molar-refractivity contribution in [1.82, 2.24) is 0 Å². The van der Waals surface area contributed by atoms with Gasteiger partial charge in [-0.15, -0.1) is 0 Å². The van der Waals surface area contributed by atoms with Crippen molar-refractivity contribution in [3.8, 4) is 11.8 Å². The average Bonchev–Trinajstić information content (AvgIpc) is 2.84. The Morgan fingerprint density at radius 3 is 2.40 bits per heavy atom. The summed E-state index contributed by atoms with van der Waals surface area (Å²) in [6, 6.07) is 3.87. The van der Waals surface area contributed by atoms with E-state index in [0.29, 0.717) is 38.2 Å². The summed E-state index contributed by atoms with van der Waals surface area (Å²) in [5.74, 6) is 5.18. The first-order valence-corrected chi connectivity index (χ1v) is 12.7. The Bertz CT molecular complexity index is 906. The Morgan fingerprint density at radius 2 is 1.83 bits per heavy atom. The number of aliphatic hydroxyl groups excluding tert-OH is 1. The predicted molar refractivity (Wildman–Crippen MR) is 145 cm³/mol. The van der Waals surface area contributed by atoms with Gasteiger partial charge in [0.25, 0.3) is 0 Å². The lowest BCUT2D eigenvalue weighted by molar-refractivity contribution is -0.132. The first-order valence-electron chi connectivity index (χ1n) is 12.7. The molecule has 6 nitrogen and oxygen atoms in total. The summed E-state index contributed by atoms with van der Waals surface area (Å²) in [7, 11) is 0. The minimum Gasteiger partial charge on any atom is -0.478 e. The number of rotatable bonds is 6. The van der Waals surface area contributed by atoms with E-state index in [1.807, 2.05) is 58.6 Å². The van der Waals surface area contributed by atoms with Gasteiger partial charge in [0.05, 0.1) is 24.5 Å². The summed E-state index contributed by atoms with van der Waals surface area (Å²) in [4.78, 5) is 13.6. The molecule has 0 unspecified atom stereocenters. The zero-order valence-electron chi connectivity index (χ0n) is 23.0. The highest BCUT2D eigenvalue weighted by Crippen LogP contribution is 2.45. The molecule has 2 N–H and O–H groups in total. The van der Waals surface area contributed by atoms with Gasteiger partial charge in [0.2, 0.25) is 0 Å². The van der Waals surface area contributed by atoms with Crippen LogP contribution in [0.25, 0.3) is 5.57 Å². The monoisotopic (exact) mass is 487 g/mol. The topological polar surface area (TPSA) is 79.2 Å². The quantitative estimate of drug-likeness (QED) is 0.359. The van der Waals surface area contributed by atoms with Crippen LogP contribution in [-0.4, -0.2) is 41.7 Å². The van der Waals surface area contributed by atoms with Crippen LogP contribution in [0.4, 0.5) is 5.69 Å². The largest absolute Gasteiger partial charge is 0.478 e. The molecule has 2 aliphatic rings. The van der Waals surface area contributed by atoms with Gasteiger partial charge < -0.3 is 24.6 Å². The molecule has 35 heavy (non-hydrogen) atoms. The van der Waals surface area contributed by atoms with Gasteiger partial charge >= 0.3 is 5.97 Å². The molecular weight excluding hydrogens is 442 g/mol. The number of benzene rings is 1. The normalized spacial score (nSPS) is 14.3. The maximum Gasteiger partial charge on any atom is 0.337 e. The van der Waals surface area contributed by atoms with Crippen LogP contribution in [0, 0.1) is 11.8 Å². The maximum atomic E-state index is 11.7. The molecule has 0 radical (unpaired) electrons. The fraction of sp³-hybridized carbons (Fsp3) is 0.552. The fourth-order valence-electron chi connectivity index (χ4n) is 3.30. The molecule has 2 heterocycles. The van der Waals surface area contributed by atoms with E-state index in [4.69, 9.17) is 14.6 Å². The molecule has 0 spiro atoms. The molecule has 0 saturated carbocycles. The number of anilines is 1. The van der Waals surface area contributed by atoms with Crippen molar-refractivity contribution in [2.45, 2.75) is 87.0 Å². The molecule has 0 aromatic heterocycles. The second kappa shape index (κ2) is 16.9. The fourth-order valence-corrected chi connectivity index (χ4v) is 3.30. The number of carbonyl (C=O) groups is 1. The van der Waals surface area contributed by atoms with E-state index in [9.17, 15) is 9.90 Å². The number of aliphatic hydroxyl groups is 1. The van der Waals surface area contributed by atoms with Crippen LogP contribution in [0.15, 0.2) is 30.5 Å². The molecule has 196 valence electrons. The number of hydrogen-bond acceptors (Lipinski definition) is 5. The number of nitrogens with zero attached hydrogens (tertiary/aromatic N) is 1. The van der Waals surface area contributed by atoms with Gasteiger partial charge in [-0.05, 0) is 38.0 Å². The molecular formula is C29H45NO5. The maximum absolute atomic E-state index is 11.7. The lowest BCUT2D eigenvalue weighted by Gasteiger charge is -2.46. The van der Waals surface area contributed by atoms with Crippen LogP contribution < -0.4 is 4.90 Å². The van der Waals surface area contributed by atoms with Crippen LogP contribution >= 0.6 is 0 Å². The van der Waals surface area contributed by atoms with Crippen molar-refractivity contribution < 1.29 is 24.5 Å². The number of aliphatic carboxylic acids is 1. The molecule has 0 atom stereocenters. The summed E-state index contributed by atoms with van der Waals surface area (Å²) in [5.41, 5.74) is 3.44. The third-order valence-electron chi connectivity index (χ3n) is 4.78. The van der Waals surface area contributed by atoms with E-state index in [1.165, 1.54) is 6.42 Å². The van der Waals surface area contributed by atoms with Crippen LogP contribution in [0.2, 0.25) is 0 Å². The Labute approximate surface area is 212 Å². The van der Waals surface area contributed by atoms with Crippen molar-refractivity contribution in [3.05, 3.63) is 47.2 Å². The van der Waals surface area contributed by atoms with Gasteiger partial charge in [0.1, 0.15) is 5.72 Å². The first-order chi connectivity index (χ1) is 16.8. The molecule has 1 aromatic rings. The van der Waals surface area contributed by atoms with Crippen LogP contribution in [0.3, 0.4) is 0 Å². The molecule has 2 aliphatic heterocycles. The van der Waals surface area contributed by atoms with Crippen molar-refractivity contribution >= 4 is 17.2 Å². The summed E-state index contributed by atoms with van der Waals surface area (Å²) in [6.45, 7) is 21.7. The average molecular weight is 488 g/mol. The van der Waals surface area contributed by atoms with Crippen LogP contribution in [-0.2, 0) is 20.9 Å². The Kier molecular flexibility index (Phi) is 15.7. The lowest BCUT2D eigenvalue weighted by atomic mass is 9.88. The number of ether oxygens (including phenoxy) is 2. The number of hydrogen-bond donors (Lipinski definition) is 2. The van der Waals surface area contributed by atoms with Crippen molar-refractivity contribution in [2.24, 2.45) is 0 Å². The summed E-state index contributed by atoms with van der Waals surface area (Å²) in [5, 5.41) is 18.3. The van der Waals surface area contributed by atoms with Gasteiger partial charge in [-0.1, -0.05) is 66.4 Å². The standard InChI is InChI=1S/C22H25NO5.C3H8.2C2H6/c1-15-18-12-16(7-4-5-9-27-10-6-8-24)11-17-14-28-22(2,3)23(20(17)18)13-19(15)21(25)26;1-3-2;2*1-2/h11-13,24H,1,5-6,8-10,14H2,2-3H3,(H,25,26);3H2,1-2H3;2*1-2H3. The lowest BCUT2D eigenvalue weighted by Crippen LogP contribution is -2.48. The van der Waals surface area contributed by atoms with Gasteiger partial charge in [0, 0.05) is 42.5 Å². The van der Waals surface area contributed by atoms with E-state index in [-0.39, 0.29) is 12.2 Å². The first kappa shape index (κ1) is 32.4. The predicted octanol–water partition coefficient (Wildman–Crippen LogP) is 6.36. The minimum atomic E-state index is -1.02. The third kappa shape index (κ3) is 9.18. The molecule has 6 heteroatoms. The van der Waals surface area contributed by atoms with Gasteiger partial charge in [0.15, 0.2) is 0 Å². The van der Waals surface area contributed by atoms with Crippen molar-refractivity contribution in [3.63, 3.8) is 0 Å². The van der Waals surface area contributed by atoms with Gasteiger partial charge in [-0.25, -0.2) is 4.79 Å². The van der Waals surface area contributed by atoms with Crippen LogP contribution in [0.5, 0.6) is 0 Å². The zero-order chi connectivity index (χ0) is 27.0. The van der Waals surface area contributed by atoms with E-state index >= 15 is 0 Å². The SMILES string of the molecule is C=C1C(C(=O)O)=CN2c3c(cc(C#CCCOCCCO)cc31)COC2(C)C.CC.CC.CCC. The Morgan fingerprint density at radius 1 is 1.20 bits per heavy atom. The van der Waals surface area contributed by atoms with E-state index < -0.39 is 11.7 Å². The van der Waals surface area contributed by atoms with E-state index in [1.54, 1.807) is 6.20 Å². The molecule has 0 bridgehead atoms. The van der Waals surface area contributed by atoms with Crippen LogP contribution in [0.1, 0.15) is 91.3 Å².